The first-order valence-corrected chi connectivity index (χ1v) is 5.34. The van der Waals surface area contributed by atoms with Crippen molar-refractivity contribution in [2.75, 3.05) is 0 Å². The van der Waals surface area contributed by atoms with Gasteiger partial charge in [-0.05, 0) is 12.1 Å². The summed E-state index contributed by atoms with van der Waals surface area (Å²) >= 11 is 1.22. The average molecular weight is 263 g/mol. The molecule has 2 aromatic rings. The van der Waals surface area contributed by atoms with Gasteiger partial charge in [0.15, 0.2) is 11.6 Å². The van der Waals surface area contributed by atoms with E-state index in [4.69, 9.17) is 0 Å². The van der Waals surface area contributed by atoms with Crippen LogP contribution in [0.3, 0.4) is 0 Å². The number of hydrogen-bond acceptors (Lipinski definition) is 3. The van der Waals surface area contributed by atoms with Crippen LogP contribution in [0.5, 0.6) is 5.75 Å². The van der Waals surface area contributed by atoms with E-state index in [1.54, 1.807) is 0 Å². The molecule has 90 valence electrons. The van der Waals surface area contributed by atoms with Crippen molar-refractivity contribution in [2.45, 2.75) is 6.36 Å². The normalized spacial score (nSPS) is 11.5. The zero-order valence-corrected chi connectivity index (χ0v) is 8.98. The first-order chi connectivity index (χ1) is 7.97. The number of thiazole rings is 1. The highest BCUT2D eigenvalue weighted by Gasteiger charge is 2.32. The van der Waals surface area contributed by atoms with Gasteiger partial charge >= 0.3 is 6.36 Å². The predicted octanol–water partition coefficient (Wildman–Crippen LogP) is 3.85. The molecule has 2 nitrogen and oxygen atoms in total. The first-order valence-electron chi connectivity index (χ1n) is 4.40. The fourth-order valence-corrected chi connectivity index (χ4v) is 1.81. The van der Waals surface area contributed by atoms with E-state index in [1.807, 2.05) is 0 Å². The zero-order valence-electron chi connectivity index (χ0n) is 8.16. The van der Waals surface area contributed by atoms with Gasteiger partial charge in [0.25, 0.3) is 0 Å². The Hall–Kier alpha value is -1.63. The molecule has 0 amide bonds. The van der Waals surface area contributed by atoms with Crippen molar-refractivity contribution in [1.29, 1.82) is 0 Å². The molecule has 0 saturated carbocycles. The minimum Gasteiger partial charge on any atom is -0.403 e. The lowest BCUT2D eigenvalue weighted by molar-refractivity contribution is -0.275. The highest BCUT2D eigenvalue weighted by atomic mass is 32.1. The maximum absolute atomic E-state index is 13.7. The fourth-order valence-electron chi connectivity index (χ4n) is 1.26. The van der Waals surface area contributed by atoms with Crippen LogP contribution in [0.25, 0.3) is 11.3 Å². The first kappa shape index (κ1) is 11.8. The van der Waals surface area contributed by atoms with Gasteiger partial charge in [0.2, 0.25) is 0 Å². The van der Waals surface area contributed by atoms with Gasteiger partial charge in [-0.25, -0.2) is 9.37 Å². The molecule has 0 aliphatic heterocycles. The molecule has 0 fully saturated rings. The fraction of sp³-hybridized carbons (Fsp3) is 0.100. The van der Waals surface area contributed by atoms with Crippen molar-refractivity contribution in [3.63, 3.8) is 0 Å². The average Bonchev–Trinajstić information content (AvgIpc) is 2.72. The summed E-state index contributed by atoms with van der Waals surface area (Å²) in [5.41, 5.74) is 1.72. The van der Waals surface area contributed by atoms with Crippen molar-refractivity contribution >= 4 is 11.3 Å². The van der Waals surface area contributed by atoms with Crippen LogP contribution in [0.15, 0.2) is 29.1 Å². The molecule has 0 unspecified atom stereocenters. The highest BCUT2D eigenvalue weighted by molar-refractivity contribution is 7.07. The number of ether oxygens (including phenoxy) is 1. The quantitative estimate of drug-likeness (QED) is 0.768. The van der Waals surface area contributed by atoms with Gasteiger partial charge in [-0.1, -0.05) is 6.07 Å². The van der Waals surface area contributed by atoms with E-state index in [0.717, 1.165) is 6.07 Å². The van der Waals surface area contributed by atoms with Crippen molar-refractivity contribution in [1.82, 2.24) is 4.98 Å². The lowest BCUT2D eigenvalue weighted by Crippen LogP contribution is -2.18. The Morgan fingerprint density at radius 3 is 2.59 bits per heavy atom. The molecular weight excluding hydrogens is 258 g/mol. The van der Waals surface area contributed by atoms with Crippen LogP contribution in [-0.4, -0.2) is 11.3 Å². The Balaban J connectivity index is 2.41. The van der Waals surface area contributed by atoms with Crippen LogP contribution in [0, 0.1) is 5.82 Å². The van der Waals surface area contributed by atoms with Crippen LogP contribution in [-0.2, 0) is 0 Å². The van der Waals surface area contributed by atoms with Crippen molar-refractivity contribution in [2.24, 2.45) is 0 Å². The van der Waals surface area contributed by atoms with E-state index in [0.29, 0.717) is 0 Å². The van der Waals surface area contributed by atoms with E-state index in [1.165, 1.54) is 34.4 Å². The summed E-state index contributed by atoms with van der Waals surface area (Å²) in [7, 11) is 0. The maximum atomic E-state index is 13.7. The van der Waals surface area contributed by atoms with Crippen LogP contribution in [0.2, 0.25) is 0 Å². The van der Waals surface area contributed by atoms with Crippen LogP contribution in [0.4, 0.5) is 17.6 Å². The molecule has 0 aliphatic carbocycles. The summed E-state index contributed by atoms with van der Waals surface area (Å²) in [5, 5.41) is 1.54. The van der Waals surface area contributed by atoms with Gasteiger partial charge in [0.05, 0.1) is 11.2 Å². The molecule has 0 aliphatic rings. The zero-order chi connectivity index (χ0) is 12.5. The van der Waals surface area contributed by atoms with Crippen LogP contribution < -0.4 is 4.74 Å². The van der Waals surface area contributed by atoms with Crippen LogP contribution in [0.1, 0.15) is 0 Å². The maximum Gasteiger partial charge on any atom is 0.573 e. The Morgan fingerprint density at radius 2 is 2.00 bits per heavy atom. The molecule has 0 radical (unpaired) electrons. The third kappa shape index (κ3) is 2.73. The minimum absolute atomic E-state index is 0.0204. The standard InChI is InChI=1S/C10H5F4NOS/c11-9-6(7-4-17-5-15-7)2-1-3-8(9)16-10(12,13)14/h1-5H. The van der Waals surface area contributed by atoms with E-state index >= 15 is 0 Å². The molecule has 0 atom stereocenters. The second-order valence-electron chi connectivity index (χ2n) is 3.04. The molecule has 0 saturated heterocycles. The topological polar surface area (TPSA) is 22.1 Å². The Labute approximate surface area is 97.5 Å². The minimum atomic E-state index is -4.92. The van der Waals surface area contributed by atoms with Gasteiger partial charge in [-0.2, -0.15) is 0 Å². The number of benzene rings is 1. The molecule has 17 heavy (non-hydrogen) atoms. The van der Waals surface area contributed by atoms with Crippen LogP contribution >= 0.6 is 11.3 Å². The molecule has 0 spiro atoms. The number of hydrogen-bond donors (Lipinski definition) is 0. The lowest BCUT2D eigenvalue weighted by Gasteiger charge is -2.10. The third-order valence-electron chi connectivity index (χ3n) is 1.90. The second kappa shape index (κ2) is 4.33. The molecular formula is C10H5F4NOS. The molecule has 1 heterocycles. The van der Waals surface area contributed by atoms with Crippen molar-refractivity contribution < 1.29 is 22.3 Å². The second-order valence-corrected chi connectivity index (χ2v) is 3.76. The summed E-state index contributed by atoms with van der Waals surface area (Å²) in [6.07, 6.45) is -4.92. The monoisotopic (exact) mass is 263 g/mol. The van der Waals surface area contributed by atoms with E-state index < -0.39 is 17.9 Å². The summed E-state index contributed by atoms with van der Waals surface area (Å²) in [6, 6.07) is 3.53. The van der Waals surface area contributed by atoms with Crippen molar-refractivity contribution in [3.8, 4) is 17.0 Å². The number of halogens is 4. The van der Waals surface area contributed by atoms with E-state index in [2.05, 4.69) is 9.72 Å². The molecule has 2 rings (SSSR count). The third-order valence-corrected chi connectivity index (χ3v) is 2.48. The van der Waals surface area contributed by atoms with Gasteiger partial charge in [-0.3, -0.25) is 0 Å². The highest BCUT2D eigenvalue weighted by Crippen LogP contribution is 2.31. The lowest BCUT2D eigenvalue weighted by atomic mass is 10.1. The summed E-state index contributed by atoms with van der Waals surface area (Å²) in [6.45, 7) is 0. The molecule has 7 heteroatoms. The molecule has 0 bridgehead atoms. The van der Waals surface area contributed by atoms with Gasteiger partial charge in [0.1, 0.15) is 0 Å². The SMILES string of the molecule is Fc1c(OC(F)(F)F)cccc1-c1cscn1. The smallest absolute Gasteiger partial charge is 0.403 e. The molecule has 1 aromatic carbocycles. The van der Waals surface area contributed by atoms with Crippen molar-refractivity contribution in [3.05, 3.63) is 34.9 Å². The summed E-state index contributed by atoms with van der Waals surface area (Å²) < 4.78 is 53.3. The largest absolute Gasteiger partial charge is 0.573 e. The van der Waals surface area contributed by atoms with Gasteiger partial charge in [0, 0.05) is 10.9 Å². The van der Waals surface area contributed by atoms with E-state index in [-0.39, 0.29) is 11.3 Å². The van der Waals surface area contributed by atoms with E-state index in [9.17, 15) is 17.6 Å². The number of alkyl halides is 3. The Morgan fingerprint density at radius 1 is 1.24 bits per heavy atom. The summed E-state index contributed by atoms with van der Waals surface area (Å²) in [5.74, 6) is -1.93. The number of aromatic nitrogens is 1. The Kier molecular flexibility index (Phi) is 3.01. The van der Waals surface area contributed by atoms with Gasteiger partial charge in [-0.15, -0.1) is 24.5 Å². The number of rotatable bonds is 2. The number of nitrogens with zero attached hydrogens (tertiary/aromatic N) is 1. The summed E-state index contributed by atoms with van der Waals surface area (Å²) in [4.78, 5) is 3.83. The Bertz CT molecular complexity index is 510. The molecule has 0 N–H and O–H groups in total. The molecule has 1 aromatic heterocycles. The predicted molar refractivity (Wildman–Crippen MR) is 54.2 cm³/mol. The van der Waals surface area contributed by atoms with Gasteiger partial charge < -0.3 is 4.74 Å².